The van der Waals surface area contributed by atoms with Crippen LogP contribution in [0.3, 0.4) is 0 Å². The first-order chi connectivity index (χ1) is 10.1. The molecule has 1 aliphatic heterocycles. The summed E-state index contributed by atoms with van der Waals surface area (Å²) in [6.07, 6.45) is 3.12. The number of hydrogen-bond donors (Lipinski definition) is 1. The number of amides is 1. The Labute approximate surface area is 128 Å². The summed E-state index contributed by atoms with van der Waals surface area (Å²) in [6.45, 7) is 3.82. The van der Waals surface area contributed by atoms with Gasteiger partial charge in [-0.1, -0.05) is 23.8 Å². The standard InChI is InChI=1S/C17H18N2OS/c1-10-4-5-11-9-13-14(12(11)8-10)15(16(18)21-13)17(20)19-6-2-3-7-19/h4-5,8H,2-3,6-7,9,18H2,1H3. The Morgan fingerprint density at radius 2 is 2.05 bits per heavy atom. The summed E-state index contributed by atoms with van der Waals surface area (Å²) in [7, 11) is 0. The van der Waals surface area contributed by atoms with Gasteiger partial charge in [-0.15, -0.1) is 11.3 Å². The third kappa shape index (κ3) is 1.89. The summed E-state index contributed by atoms with van der Waals surface area (Å²) in [5.74, 6) is 0.122. The van der Waals surface area contributed by atoms with E-state index in [1.165, 1.54) is 21.6 Å². The Kier molecular flexibility index (Phi) is 2.82. The van der Waals surface area contributed by atoms with Gasteiger partial charge in [-0.3, -0.25) is 4.79 Å². The van der Waals surface area contributed by atoms with E-state index in [0.717, 1.165) is 43.5 Å². The quantitative estimate of drug-likeness (QED) is 0.748. The van der Waals surface area contributed by atoms with Crippen molar-refractivity contribution in [3.05, 3.63) is 39.8 Å². The highest BCUT2D eigenvalue weighted by Gasteiger charge is 2.32. The molecule has 0 saturated carbocycles. The van der Waals surface area contributed by atoms with E-state index in [1.807, 2.05) is 4.90 Å². The van der Waals surface area contributed by atoms with Crippen LogP contribution >= 0.6 is 11.3 Å². The van der Waals surface area contributed by atoms with Crippen LogP contribution in [0.5, 0.6) is 0 Å². The highest BCUT2D eigenvalue weighted by molar-refractivity contribution is 7.17. The van der Waals surface area contributed by atoms with Crippen LogP contribution in [0, 0.1) is 6.92 Å². The predicted octanol–water partition coefficient (Wildman–Crippen LogP) is 3.45. The van der Waals surface area contributed by atoms with Crippen LogP contribution in [0.15, 0.2) is 18.2 Å². The first-order valence-electron chi connectivity index (χ1n) is 7.45. The highest BCUT2D eigenvalue weighted by atomic mass is 32.1. The summed E-state index contributed by atoms with van der Waals surface area (Å²) in [5.41, 5.74) is 11.8. The van der Waals surface area contributed by atoms with Crippen molar-refractivity contribution in [3.8, 4) is 11.1 Å². The Morgan fingerprint density at radius 1 is 1.29 bits per heavy atom. The molecular weight excluding hydrogens is 280 g/mol. The number of thiophene rings is 1. The zero-order valence-electron chi connectivity index (χ0n) is 12.1. The molecule has 1 fully saturated rings. The van der Waals surface area contributed by atoms with Crippen molar-refractivity contribution in [2.75, 3.05) is 18.8 Å². The molecule has 2 heterocycles. The van der Waals surface area contributed by atoms with E-state index >= 15 is 0 Å². The number of hydrogen-bond acceptors (Lipinski definition) is 3. The predicted molar refractivity (Wildman–Crippen MR) is 86.8 cm³/mol. The van der Waals surface area contributed by atoms with E-state index in [4.69, 9.17) is 5.73 Å². The second kappa shape index (κ2) is 4.60. The summed E-state index contributed by atoms with van der Waals surface area (Å²) in [4.78, 5) is 16.0. The molecular formula is C17H18N2OS. The topological polar surface area (TPSA) is 46.3 Å². The largest absolute Gasteiger partial charge is 0.390 e. The number of benzene rings is 1. The number of likely N-dealkylation sites (tertiary alicyclic amines) is 1. The SMILES string of the molecule is Cc1ccc2c(c1)-c1c(sc(N)c1C(=O)N1CCCC1)C2. The van der Waals surface area contributed by atoms with Crippen LogP contribution in [-0.2, 0) is 6.42 Å². The van der Waals surface area contributed by atoms with Gasteiger partial charge in [0, 0.05) is 30.0 Å². The molecule has 1 saturated heterocycles. The molecule has 0 spiro atoms. The van der Waals surface area contributed by atoms with Crippen LogP contribution in [0.25, 0.3) is 11.1 Å². The minimum atomic E-state index is 0.122. The van der Waals surface area contributed by atoms with Gasteiger partial charge in [-0.05, 0) is 30.9 Å². The van der Waals surface area contributed by atoms with Crippen molar-refractivity contribution >= 4 is 22.2 Å². The number of carbonyl (C=O) groups is 1. The molecule has 0 radical (unpaired) electrons. The Balaban J connectivity index is 1.86. The normalized spacial score (nSPS) is 16.1. The average Bonchev–Trinajstić information content (AvgIpc) is 3.13. The van der Waals surface area contributed by atoms with Gasteiger partial charge < -0.3 is 10.6 Å². The van der Waals surface area contributed by atoms with Gasteiger partial charge in [0.1, 0.15) is 0 Å². The summed E-state index contributed by atoms with van der Waals surface area (Å²) >= 11 is 1.58. The van der Waals surface area contributed by atoms with E-state index in [9.17, 15) is 4.79 Å². The number of carbonyl (C=O) groups excluding carboxylic acids is 1. The van der Waals surface area contributed by atoms with Crippen molar-refractivity contribution in [3.63, 3.8) is 0 Å². The molecule has 0 atom stereocenters. The summed E-state index contributed by atoms with van der Waals surface area (Å²) in [5, 5.41) is 0.684. The molecule has 21 heavy (non-hydrogen) atoms. The Morgan fingerprint density at radius 3 is 2.81 bits per heavy atom. The van der Waals surface area contributed by atoms with Gasteiger partial charge in [0.15, 0.2) is 0 Å². The lowest BCUT2D eigenvalue weighted by atomic mass is 10.0. The van der Waals surface area contributed by atoms with Crippen molar-refractivity contribution in [2.45, 2.75) is 26.2 Å². The van der Waals surface area contributed by atoms with Crippen LogP contribution in [0.2, 0.25) is 0 Å². The van der Waals surface area contributed by atoms with Crippen molar-refractivity contribution in [1.29, 1.82) is 0 Å². The number of fused-ring (bicyclic) bond motifs is 3. The van der Waals surface area contributed by atoms with Crippen LogP contribution in [-0.4, -0.2) is 23.9 Å². The molecule has 0 bridgehead atoms. The zero-order valence-corrected chi connectivity index (χ0v) is 12.9. The van der Waals surface area contributed by atoms with E-state index in [1.54, 1.807) is 11.3 Å². The first-order valence-corrected chi connectivity index (χ1v) is 8.27. The number of nitrogens with zero attached hydrogens (tertiary/aromatic N) is 1. The lowest BCUT2D eigenvalue weighted by Gasteiger charge is -2.16. The minimum Gasteiger partial charge on any atom is -0.390 e. The Bertz CT molecular complexity index is 741. The molecule has 108 valence electrons. The van der Waals surface area contributed by atoms with Gasteiger partial charge >= 0.3 is 0 Å². The monoisotopic (exact) mass is 298 g/mol. The molecule has 1 amide bonds. The molecule has 1 aromatic heterocycles. The molecule has 4 rings (SSSR count). The van der Waals surface area contributed by atoms with Crippen LogP contribution in [0.4, 0.5) is 5.00 Å². The minimum absolute atomic E-state index is 0.122. The van der Waals surface area contributed by atoms with E-state index in [2.05, 4.69) is 25.1 Å². The van der Waals surface area contributed by atoms with E-state index in [-0.39, 0.29) is 5.91 Å². The second-order valence-corrected chi connectivity index (χ2v) is 7.11. The van der Waals surface area contributed by atoms with Crippen molar-refractivity contribution in [2.24, 2.45) is 0 Å². The van der Waals surface area contributed by atoms with Crippen molar-refractivity contribution < 1.29 is 4.79 Å². The molecule has 1 aliphatic carbocycles. The van der Waals surface area contributed by atoms with Gasteiger partial charge in [-0.2, -0.15) is 0 Å². The van der Waals surface area contributed by atoms with Crippen molar-refractivity contribution in [1.82, 2.24) is 4.90 Å². The fourth-order valence-electron chi connectivity index (χ4n) is 3.45. The van der Waals surface area contributed by atoms with E-state index in [0.29, 0.717) is 5.00 Å². The molecule has 3 nitrogen and oxygen atoms in total. The Hall–Kier alpha value is -1.81. The van der Waals surface area contributed by atoms with E-state index < -0.39 is 0 Å². The number of nitrogen functional groups attached to an aromatic ring is 1. The molecule has 4 heteroatoms. The molecule has 1 aromatic carbocycles. The van der Waals surface area contributed by atoms with Gasteiger partial charge in [0.25, 0.3) is 5.91 Å². The summed E-state index contributed by atoms with van der Waals surface area (Å²) < 4.78 is 0. The maximum absolute atomic E-state index is 12.8. The van der Waals surface area contributed by atoms with Gasteiger partial charge in [0.05, 0.1) is 10.6 Å². The lowest BCUT2D eigenvalue weighted by molar-refractivity contribution is 0.0795. The second-order valence-electron chi connectivity index (χ2n) is 5.98. The molecule has 2 aromatic rings. The lowest BCUT2D eigenvalue weighted by Crippen LogP contribution is -2.28. The smallest absolute Gasteiger partial charge is 0.257 e. The third-order valence-electron chi connectivity index (χ3n) is 4.50. The van der Waals surface area contributed by atoms with Gasteiger partial charge in [-0.25, -0.2) is 0 Å². The van der Waals surface area contributed by atoms with Crippen LogP contribution in [0.1, 0.15) is 39.2 Å². The average molecular weight is 298 g/mol. The maximum atomic E-state index is 12.8. The molecule has 2 N–H and O–H groups in total. The highest BCUT2D eigenvalue weighted by Crippen LogP contribution is 2.47. The van der Waals surface area contributed by atoms with Crippen LogP contribution < -0.4 is 5.73 Å². The fourth-order valence-corrected chi connectivity index (χ4v) is 4.55. The van der Waals surface area contributed by atoms with Gasteiger partial charge in [0.2, 0.25) is 0 Å². The first kappa shape index (κ1) is 12.9. The molecule has 0 unspecified atom stereocenters. The number of anilines is 1. The third-order valence-corrected chi connectivity index (χ3v) is 5.52. The number of rotatable bonds is 1. The zero-order chi connectivity index (χ0) is 14.6. The fraction of sp³-hybridized carbons (Fsp3) is 0.353. The summed E-state index contributed by atoms with van der Waals surface area (Å²) in [6, 6.07) is 6.51. The maximum Gasteiger partial charge on any atom is 0.257 e. The number of aryl methyl sites for hydroxylation is 1. The number of nitrogens with two attached hydrogens (primary N) is 1. The molecule has 2 aliphatic rings.